The first-order valence-corrected chi connectivity index (χ1v) is 23.7. The number of aliphatic hydroxyl groups is 2. The SMILES string of the molecule is CC(C)(C)c1cc(CCC(=O)OCC(CO)(COC(=O)CCc2cc(C(C)(C)C)c(O)c(C(C)(C)C)c2)COC(O)CCc2cc(C(C)(C)C)c(O)c(C(C)(C)C)c2)cc(C(C)(C)C)c1O. The Morgan fingerprint density at radius 3 is 0.955 bits per heavy atom. The van der Waals surface area contributed by atoms with E-state index in [1.54, 1.807) is 0 Å². The number of rotatable bonds is 17. The first-order valence-electron chi connectivity index (χ1n) is 23.7. The highest BCUT2D eigenvalue weighted by Crippen LogP contribution is 2.43. The summed E-state index contributed by atoms with van der Waals surface area (Å²) in [4.78, 5) is 26.9. The number of hydrogen-bond acceptors (Lipinski definition) is 10. The van der Waals surface area contributed by atoms with E-state index in [4.69, 9.17) is 14.2 Å². The van der Waals surface area contributed by atoms with E-state index in [1.807, 2.05) is 161 Å². The van der Waals surface area contributed by atoms with Gasteiger partial charge < -0.3 is 39.7 Å². The Morgan fingerprint density at radius 1 is 0.455 bits per heavy atom. The number of phenolic OH excluding ortho intramolecular Hbond substituents is 3. The van der Waals surface area contributed by atoms with Crippen molar-refractivity contribution < 1.29 is 49.3 Å². The molecule has 0 saturated heterocycles. The third-order valence-electron chi connectivity index (χ3n) is 12.3. The third-order valence-corrected chi connectivity index (χ3v) is 12.3. The number of hydrogen-bond donors (Lipinski definition) is 5. The van der Waals surface area contributed by atoms with E-state index in [9.17, 15) is 35.1 Å². The minimum atomic E-state index is -1.40. The Kier molecular flexibility index (Phi) is 17.9. The maximum absolute atomic E-state index is 13.5. The maximum Gasteiger partial charge on any atom is 0.306 e. The lowest BCUT2D eigenvalue weighted by Gasteiger charge is -2.31. The van der Waals surface area contributed by atoms with E-state index < -0.39 is 30.3 Å². The predicted molar refractivity (Wildman–Crippen MR) is 265 cm³/mol. The van der Waals surface area contributed by atoms with Crippen LogP contribution in [0.2, 0.25) is 0 Å². The van der Waals surface area contributed by atoms with Gasteiger partial charge in [0.15, 0.2) is 6.29 Å². The molecule has 0 radical (unpaired) electrons. The summed E-state index contributed by atoms with van der Waals surface area (Å²) in [6.07, 6.45) is 0.0673. The fourth-order valence-corrected chi connectivity index (χ4v) is 7.96. The lowest BCUT2D eigenvalue weighted by atomic mass is 9.78. The van der Waals surface area contributed by atoms with Crippen molar-refractivity contribution in [1.29, 1.82) is 0 Å². The quantitative estimate of drug-likeness (QED) is 0.0651. The molecule has 3 rings (SSSR count). The van der Waals surface area contributed by atoms with Crippen LogP contribution in [0.15, 0.2) is 36.4 Å². The molecule has 0 spiro atoms. The smallest absolute Gasteiger partial charge is 0.306 e. The first kappa shape index (κ1) is 56.2. The van der Waals surface area contributed by atoms with Crippen LogP contribution in [0.1, 0.15) is 194 Å². The topological polar surface area (TPSA) is 163 Å². The van der Waals surface area contributed by atoms with Crippen LogP contribution >= 0.6 is 0 Å². The van der Waals surface area contributed by atoms with Crippen molar-refractivity contribution >= 4 is 11.9 Å². The summed E-state index contributed by atoms with van der Waals surface area (Å²) >= 11 is 0. The molecule has 0 heterocycles. The zero-order valence-electron chi connectivity index (χ0n) is 43.9. The molecule has 370 valence electrons. The van der Waals surface area contributed by atoms with Crippen LogP contribution in [0.4, 0.5) is 0 Å². The van der Waals surface area contributed by atoms with Crippen LogP contribution in [0.25, 0.3) is 0 Å². The number of benzene rings is 3. The van der Waals surface area contributed by atoms with E-state index in [2.05, 4.69) is 0 Å². The summed E-state index contributed by atoms with van der Waals surface area (Å²) in [6, 6.07) is 11.7. The molecule has 3 aromatic carbocycles. The fourth-order valence-electron chi connectivity index (χ4n) is 7.96. The first-order chi connectivity index (χ1) is 29.9. The van der Waals surface area contributed by atoms with Gasteiger partial charge in [-0.15, -0.1) is 0 Å². The predicted octanol–water partition coefficient (Wildman–Crippen LogP) is 11.2. The van der Waals surface area contributed by atoms with Gasteiger partial charge in [0.05, 0.1) is 18.6 Å². The second kappa shape index (κ2) is 21.0. The molecule has 0 amide bonds. The monoisotopic (exact) mass is 919 g/mol. The molecule has 0 fully saturated rings. The standard InChI is InChI=1S/C56H86O10/c1-50(2,3)38-25-35(26-39(47(38)61)51(4,5)6)19-22-44(58)64-32-56(31-57,33-65-45(59)23-20-36-27-40(52(7,8)9)48(62)41(28-36)53(10,11)12)34-66-46(60)24-21-37-29-42(54(13,14)15)49(63)43(30-37)55(16,17)18/h25-30,44,57-58,61-63H,19-24,31-34H2,1-18H3. The van der Waals surface area contributed by atoms with Gasteiger partial charge >= 0.3 is 11.9 Å². The maximum atomic E-state index is 13.5. The summed E-state index contributed by atoms with van der Waals surface area (Å²) in [5.74, 6) is -0.283. The molecule has 10 heteroatoms. The summed E-state index contributed by atoms with van der Waals surface area (Å²) < 4.78 is 17.6. The van der Waals surface area contributed by atoms with Crippen LogP contribution in [-0.4, -0.2) is 70.2 Å². The molecule has 3 aromatic rings. The molecule has 0 aliphatic heterocycles. The number of aryl methyl sites for hydroxylation is 3. The van der Waals surface area contributed by atoms with Gasteiger partial charge in [-0.2, -0.15) is 0 Å². The molecule has 0 aliphatic rings. The largest absolute Gasteiger partial charge is 0.507 e. The van der Waals surface area contributed by atoms with Gasteiger partial charge in [-0.05, 0) is 102 Å². The normalized spacial score (nSPS) is 13.8. The van der Waals surface area contributed by atoms with Crippen molar-refractivity contribution in [3.8, 4) is 17.2 Å². The molecule has 0 bridgehead atoms. The van der Waals surface area contributed by atoms with E-state index in [0.29, 0.717) is 19.3 Å². The number of carbonyl (C=O) groups excluding carboxylic acids is 2. The Hall–Kier alpha value is -4.12. The van der Waals surface area contributed by atoms with Gasteiger partial charge in [-0.25, -0.2) is 0 Å². The molecule has 10 nitrogen and oxygen atoms in total. The Balaban J connectivity index is 1.85. The second-order valence-corrected chi connectivity index (χ2v) is 24.9. The number of carbonyl (C=O) groups is 2. The number of phenols is 3. The lowest BCUT2D eigenvalue weighted by Crippen LogP contribution is -2.43. The van der Waals surface area contributed by atoms with E-state index in [-0.39, 0.29) is 88.8 Å². The molecular weight excluding hydrogens is 833 g/mol. The van der Waals surface area contributed by atoms with Gasteiger partial charge in [-0.3, -0.25) is 9.59 Å². The number of aliphatic hydroxyl groups excluding tert-OH is 2. The Morgan fingerprint density at radius 2 is 0.712 bits per heavy atom. The summed E-state index contributed by atoms with van der Waals surface area (Å²) in [6.45, 7) is 35.1. The number of ether oxygens (including phenoxy) is 3. The minimum Gasteiger partial charge on any atom is -0.507 e. The molecule has 0 saturated carbocycles. The highest BCUT2D eigenvalue weighted by atomic mass is 16.6. The van der Waals surface area contributed by atoms with Gasteiger partial charge in [0, 0.05) is 19.3 Å². The second-order valence-electron chi connectivity index (χ2n) is 24.9. The molecule has 66 heavy (non-hydrogen) atoms. The van der Waals surface area contributed by atoms with Crippen molar-refractivity contribution in [2.75, 3.05) is 26.4 Å². The van der Waals surface area contributed by atoms with Gasteiger partial charge in [0.1, 0.15) is 30.5 Å². The molecule has 1 atom stereocenters. The summed E-state index contributed by atoms with van der Waals surface area (Å²) in [5.41, 5.74) is 4.06. The number of esters is 2. The van der Waals surface area contributed by atoms with Crippen LogP contribution in [0, 0.1) is 5.41 Å². The average Bonchev–Trinajstić information content (AvgIpc) is 3.16. The van der Waals surface area contributed by atoms with Crippen molar-refractivity contribution in [2.24, 2.45) is 5.41 Å². The van der Waals surface area contributed by atoms with Crippen LogP contribution < -0.4 is 0 Å². The molecule has 0 aromatic heterocycles. The molecular formula is C56H86O10. The molecule has 0 aliphatic carbocycles. The Bertz CT molecular complexity index is 1930. The Labute approximate surface area is 397 Å². The van der Waals surface area contributed by atoms with Crippen molar-refractivity contribution in [3.05, 3.63) is 86.5 Å². The number of aromatic hydroxyl groups is 3. The minimum absolute atomic E-state index is 0.0161. The highest BCUT2D eigenvalue weighted by Gasteiger charge is 2.36. The van der Waals surface area contributed by atoms with Crippen LogP contribution in [0.3, 0.4) is 0 Å². The zero-order chi connectivity index (χ0) is 50.6. The van der Waals surface area contributed by atoms with Crippen molar-refractivity contribution in [3.63, 3.8) is 0 Å². The van der Waals surface area contributed by atoms with Gasteiger partial charge in [0.2, 0.25) is 0 Å². The molecule has 5 N–H and O–H groups in total. The highest BCUT2D eigenvalue weighted by molar-refractivity contribution is 5.70. The van der Waals surface area contributed by atoms with Crippen LogP contribution in [0.5, 0.6) is 17.2 Å². The fraction of sp³-hybridized carbons (Fsp3) is 0.643. The average molecular weight is 919 g/mol. The van der Waals surface area contributed by atoms with Gasteiger partial charge in [-0.1, -0.05) is 161 Å². The van der Waals surface area contributed by atoms with Gasteiger partial charge in [0.25, 0.3) is 0 Å². The summed E-state index contributed by atoms with van der Waals surface area (Å²) in [7, 11) is 0. The van der Waals surface area contributed by atoms with Crippen molar-refractivity contribution in [1.82, 2.24) is 0 Å². The third kappa shape index (κ3) is 15.5. The summed E-state index contributed by atoms with van der Waals surface area (Å²) in [5, 5.41) is 55.8. The van der Waals surface area contributed by atoms with E-state index in [1.165, 1.54) is 0 Å². The zero-order valence-corrected chi connectivity index (χ0v) is 43.9. The van der Waals surface area contributed by atoms with E-state index in [0.717, 1.165) is 50.1 Å². The van der Waals surface area contributed by atoms with E-state index >= 15 is 0 Å². The van der Waals surface area contributed by atoms with Crippen LogP contribution in [-0.2, 0) is 75.6 Å². The lowest BCUT2D eigenvalue weighted by molar-refractivity contribution is -0.175. The molecule has 1 unspecified atom stereocenters. The van der Waals surface area contributed by atoms with Crippen molar-refractivity contribution in [2.45, 2.75) is 202 Å².